The van der Waals surface area contributed by atoms with Gasteiger partial charge in [0.15, 0.2) is 5.76 Å². The van der Waals surface area contributed by atoms with E-state index in [9.17, 15) is 0 Å². The first kappa shape index (κ1) is 6.86. The fourth-order valence-electron chi connectivity index (χ4n) is 0.709. The summed E-state index contributed by atoms with van der Waals surface area (Å²) < 4.78 is 4.88. The average Bonchev–Trinajstić information content (AvgIpc) is 1.95. The molecule has 0 saturated heterocycles. The summed E-state index contributed by atoms with van der Waals surface area (Å²) in [6.45, 7) is 1.83. The third kappa shape index (κ3) is 1.03. The Kier molecular flexibility index (Phi) is 1.76. The molecule has 0 amide bonds. The third-order valence-corrected chi connectivity index (χ3v) is 1.26. The Morgan fingerprint density at radius 3 is 2.90 bits per heavy atom. The van der Waals surface area contributed by atoms with E-state index in [0.717, 1.165) is 0 Å². The summed E-state index contributed by atoms with van der Waals surface area (Å²) in [5.41, 5.74) is -0.136. The molecule has 0 fully saturated rings. The van der Waals surface area contributed by atoms with E-state index in [-0.39, 0.29) is 11.2 Å². The molecular weight excluding hydrogens is 132 g/mol. The third-order valence-electron chi connectivity index (χ3n) is 1.26. The molecule has 0 saturated carbocycles. The summed E-state index contributed by atoms with van der Waals surface area (Å²) in [5.74, 6) is 0.241. The molecule has 0 aliphatic carbocycles. The van der Waals surface area contributed by atoms with Crippen LogP contribution in [0.1, 0.15) is 12.7 Å². The van der Waals surface area contributed by atoms with E-state index >= 15 is 0 Å². The monoisotopic (exact) mass is 141 g/mol. The van der Waals surface area contributed by atoms with Gasteiger partial charge in [-0.25, -0.2) is 0 Å². The standard InChI is InChI=1S/C7H8O3/c1-2-6-7(9)5(8)3-4-10-6/h3-4,9H,2H2,1H3/p+1. The van der Waals surface area contributed by atoms with Gasteiger partial charge in [0.05, 0.1) is 6.07 Å². The lowest BCUT2D eigenvalue weighted by atomic mass is 10.3. The maximum atomic E-state index is 9.05. The van der Waals surface area contributed by atoms with Crippen molar-refractivity contribution in [2.75, 3.05) is 0 Å². The van der Waals surface area contributed by atoms with Gasteiger partial charge in [0, 0.05) is 6.42 Å². The molecule has 1 aromatic heterocycles. The second kappa shape index (κ2) is 2.56. The maximum absolute atomic E-state index is 9.05. The smallest absolute Gasteiger partial charge is 0.387 e. The summed E-state index contributed by atoms with van der Waals surface area (Å²) in [6, 6.07) is 1.30. The van der Waals surface area contributed by atoms with Gasteiger partial charge in [-0.1, -0.05) is 6.92 Å². The molecule has 0 spiro atoms. The van der Waals surface area contributed by atoms with E-state index in [2.05, 4.69) is 0 Å². The quantitative estimate of drug-likeness (QED) is 0.581. The van der Waals surface area contributed by atoms with Crippen molar-refractivity contribution >= 4 is 0 Å². The molecule has 54 valence electrons. The highest BCUT2D eigenvalue weighted by molar-refractivity contribution is 5.20. The fraction of sp³-hybridized carbons (Fsp3) is 0.286. The molecule has 0 unspecified atom stereocenters. The van der Waals surface area contributed by atoms with Crippen LogP contribution in [0.25, 0.3) is 0 Å². The summed E-state index contributed by atoms with van der Waals surface area (Å²) >= 11 is 0. The lowest BCUT2D eigenvalue weighted by Crippen LogP contribution is -2.01. The molecule has 3 nitrogen and oxygen atoms in total. The summed E-state index contributed by atoms with van der Waals surface area (Å²) in [5, 5.41) is 9.05. The van der Waals surface area contributed by atoms with Gasteiger partial charge in [-0.05, 0) is 0 Å². The number of aromatic hydroxyl groups is 1. The van der Waals surface area contributed by atoms with Crippen molar-refractivity contribution in [2.24, 2.45) is 0 Å². The highest BCUT2D eigenvalue weighted by Crippen LogP contribution is 2.09. The maximum Gasteiger partial charge on any atom is 0.387 e. The van der Waals surface area contributed by atoms with Gasteiger partial charge in [-0.3, -0.25) is 4.79 Å². The Bertz CT molecular complexity index is 274. The van der Waals surface area contributed by atoms with Crippen molar-refractivity contribution in [3.8, 4) is 5.75 Å². The highest BCUT2D eigenvalue weighted by Gasteiger charge is 2.07. The van der Waals surface area contributed by atoms with Crippen LogP contribution in [0.4, 0.5) is 0 Å². The predicted molar refractivity (Wildman–Crippen MR) is 34.8 cm³/mol. The van der Waals surface area contributed by atoms with Crippen molar-refractivity contribution in [1.82, 2.24) is 0 Å². The highest BCUT2D eigenvalue weighted by atomic mass is 16.4. The minimum atomic E-state index is -0.162. The van der Waals surface area contributed by atoms with Crippen LogP contribution in [0.2, 0.25) is 0 Å². The first-order valence-corrected chi connectivity index (χ1v) is 3.07. The summed E-state index contributed by atoms with van der Waals surface area (Å²) in [7, 11) is 0. The topological polar surface area (TPSA) is 54.8 Å². The van der Waals surface area contributed by atoms with Crippen LogP contribution in [0.5, 0.6) is 5.75 Å². The van der Waals surface area contributed by atoms with Gasteiger partial charge >= 0.3 is 5.43 Å². The lowest BCUT2D eigenvalue weighted by Gasteiger charge is -1.92. The number of aryl methyl sites for hydroxylation is 1. The van der Waals surface area contributed by atoms with Crippen LogP contribution in [0, 0.1) is 0 Å². The minimum Gasteiger partial charge on any atom is -0.498 e. The van der Waals surface area contributed by atoms with Crippen molar-refractivity contribution in [2.45, 2.75) is 13.3 Å². The Balaban J connectivity index is 3.28. The Morgan fingerprint density at radius 1 is 1.70 bits per heavy atom. The number of hydrogen-bond donors (Lipinski definition) is 1. The largest absolute Gasteiger partial charge is 0.498 e. The molecule has 0 radical (unpaired) electrons. The SMILES string of the molecule is CCc1occc(=[OH+])c1O. The van der Waals surface area contributed by atoms with Crippen LogP contribution in [-0.2, 0) is 6.42 Å². The second-order valence-corrected chi connectivity index (χ2v) is 1.93. The molecule has 3 heteroatoms. The second-order valence-electron chi connectivity index (χ2n) is 1.93. The molecule has 0 atom stereocenters. The van der Waals surface area contributed by atoms with Crippen molar-refractivity contribution < 1.29 is 14.3 Å². The summed E-state index contributed by atoms with van der Waals surface area (Å²) in [4.78, 5) is 8.92. The molecule has 1 aromatic rings. The molecule has 1 heterocycles. The first-order valence-electron chi connectivity index (χ1n) is 3.07. The number of hydrogen-bond acceptors (Lipinski definition) is 2. The van der Waals surface area contributed by atoms with Gasteiger partial charge in [-0.2, -0.15) is 0 Å². The molecule has 0 aliphatic rings. The van der Waals surface area contributed by atoms with Gasteiger partial charge in [0.25, 0.3) is 5.75 Å². The molecule has 1 rings (SSSR count). The molecule has 2 N–H and O–H groups in total. The van der Waals surface area contributed by atoms with Crippen LogP contribution in [0.3, 0.4) is 0 Å². The molecule has 10 heavy (non-hydrogen) atoms. The van der Waals surface area contributed by atoms with Crippen LogP contribution < -0.4 is 5.43 Å². The Morgan fingerprint density at radius 2 is 2.40 bits per heavy atom. The van der Waals surface area contributed by atoms with Gasteiger partial charge < -0.3 is 9.52 Å². The van der Waals surface area contributed by atoms with Crippen molar-refractivity contribution in [3.05, 3.63) is 23.5 Å². The summed E-state index contributed by atoms with van der Waals surface area (Å²) in [6.07, 6.45) is 1.91. The van der Waals surface area contributed by atoms with Crippen LogP contribution >= 0.6 is 0 Å². The van der Waals surface area contributed by atoms with Crippen LogP contribution in [0.15, 0.2) is 16.7 Å². The van der Waals surface area contributed by atoms with Crippen molar-refractivity contribution in [1.29, 1.82) is 0 Å². The van der Waals surface area contributed by atoms with E-state index in [0.29, 0.717) is 12.2 Å². The zero-order valence-electron chi connectivity index (χ0n) is 5.66. The molecule has 0 bridgehead atoms. The zero-order chi connectivity index (χ0) is 7.56. The van der Waals surface area contributed by atoms with Gasteiger partial charge in [-0.15, -0.1) is 0 Å². The first-order chi connectivity index (χ1) is 4.75. The fourth-order valence-corrected chi connectivity index (χ4v) is 0.709. The van der Waals surface area contributed by atoms with E-state index in [1.165, 1.54) is 12.3 Å². The van der Waals surface area contributed by atoms with E-state index in [1.807, 2.05) is 6.92 Å². The van der Waals surface area contributed by atoms with E-state index < -0.39 is 0 Å². The van der Waals surface area contributed by atoms with Gasteiger partial charge in [0.1, 0.15) is 6.26 Å². The van der Waals surface area contributed by atoms with E-state index in [4.69, 9.17) is 14.3 Å². The lowest BCUT2D eigenvalue weighted by molar-refractivity contribution is 0.379. The predicted octanol–water partition coefficient (Wildman–Crippen LogP) is 0.552. The average molecular weight is 141 g/mol. The number of rotatable bonds is 1. The molecule has 0 aromatic carbocycles. The Hall–Kier alpha value is -1.25. The van der Waals surface area contributed by atoms with Crippen LogP contribution in [-0.4, -0.2) is 9.90 Å². The van der Waals surface area contributed by atoms with Gasteiger partial charge in [0.2, 0.25) is 0 Å². The molecular formula is C7H9O3+. The minimum absolute atomic E-state index is 0.136. The van der Waals surface area contributed by atoms with Crippen molar-refractivity contribution in [3.63, 3.8) is 0 Å². The molecule has 0 aliphatic heterocycles. The normalized spacial score (nSPS) is 9.70. The van der Waals surface area contributed by atoms with E-state index in [1.54, 1.807) is 0 Å². The zero-order valence-corrected chi connectivity index (χ0v) is 5.66. The Labute approximate surface area is 57.9 Å².